The van der Waals surface area contributed by atoms with Crippen molar-refractivity contribution in [1.29, 1.82) is 0 Å². The Morgan fingerprint density at radius 2 is 1.27 bits per heavy atom. The van der Waals surface area contributed by atoms with E-state index in [0.717, 1.165) is 11.6 Å². The number of hydrogen-bond acceptors (Lipinski definition) is 1. The molecule has 10 heteroatoms. The Bertz CT molecular complexity index is 1070. The third-order valence-corrected chi connectivity index (χ3v) is 4.55. The molecule has 1 nitrogen and oxygen atoms in total. The summed E-state index contributed by atoms with van der Waals surface area (Å²) >= 11 is 0. The van der Waals surface area contributed by atoms with Crippen LogP contribution in [0.5, 0.6) is 0 Å². The summed E-state index contributed by atoms with van der Waals surface area (Å²) in [5.74, 6) is -19.7. The lowest BCUT2D eigenvalue weighted by Gasteiger charge is -2.33. The molecule has 0 atom stereocenters. The lowest BCUT2D eigenvalue weighted by atomic mass is 9.95. The molecule has 1 aromatic heterocycles. The molecule has 1 heterocycles. The number of fused-ring (bicyclic) bond motifs is 1. The van der Waals surface area contributed by atoms with Gasteiger partial charge in [-0.25, -0.2) is 4.98 Å². The molecule has 160 valence electrons. The lowest BCUT2D eigenvalue weighted by molar-refractivity contribution is -0.400. The first-order valence-electron chi connectivity index (χ1n) is 8.37. The summed E-state index contributed by atoms with van der Waals surface area (Å²) in [6.45, 7) is 1.73. The van der Waals surface area contributed by atoms with Gasteiger partial charge in [0.2, 0.25) is 0 Å². The van der Waals surface area contributed by atoms with Crippen LogP contribution in [0.3, 0.4) is 0 Å². The highest BCUT2D eigenvalue weighted by molar-refractivity contribution is 5.94. The van der Waals surface area contributed by atoms with Gasteiger partial charge in [0.05, 0.1) is 5.52 Å². The van der Waals surface area contributed by atoms with Crippen LogP contribution < -0.4 is 0 Å². The van der Waals surface area contributed by atoms with Crippen LogP contribution in [0.2, 0.25) is 0 Å². The van der Waals surface area contributed by atoms with E-state index >= 15 is 0 Å². The number of pyridine rings is 1. The number of aromatic nitrogens is 1. The average Bonchev–Trinajstić information content (AvgIpc) is 2.66. The van der Waals surface area contributed by atoms with Gasteiger partial charge in [-0.05, 0) is 30.2 Å². The van der Waals surface area contributed by atoms with E-state index in [-0.39, 0.29) is 22.0 Å². The van der Waals surface area contributed by atoms with E-state index < -0.39 is 29.6 Å². The van der Waals surface area contributed by atoms with Crippen LogP contribution in [0.25, 0.3) is 22.0 Å². The van der Waals surface area contributed by atoms with Crippen LogP contribution in [0.1, 0.15) is 11.3 Å². The molecule has 3 aromatic rings. The Hall–Kier alpha value is -2.78. The quantitative estimate of drug-likeness (QED) is 0.396. The molecule has 0 radical (unpaired) electrons. The van der Waals surface area contributed by atoms with E-state index in [2.05, 4.69) is 4.98 Å². The summed E-state index contributed by atoms with van der Waals surface area (Å²) < 4.78 is 121. The van der Waals surface area contributed by atoms with Crippen molar-refractivity contribution in [2.75, 3.05) is 0 Å². The van der Waals surface area contributed by atoms with Gasteiger partial charge < -0.3 is 0 Å². The van der Waals surface area contributed by atoms with Gasteiger partial charge >= 0.3 is 23.9 Å². The molecule has 0 fully saturated rings. The minimum atomic E-state index is -6.99. The van der Waals surface area contributed by atoms with Crippen molar-refractivity contribution in [2.45, 2.75) is 30.9 Å². The normalized spacial score (nSPS) is 13.7. The zero-order valence-corrected chi connectivity index (χ0v) is 15.0. The van der Waals surface area contributed by atoms with E-state index in [4.69, 9.17) is 0 Å². The maximum Gasteiger partial charge on any atom is 0.460 e. The number of para-hydroxylation sites is 1. The predicted octanol–water partition coefficient (Wildman–Crippen LogP) is 7.13. The summed E-state index contributed by atoms with van der Waals surface area (Å²) in [6, 6.07) is 12.0. The topological polar surface area (TPSA) is 12.9 Å². The van der Waals surface area contributed by atoms with Gasteiger partial charge in [0.25, 0.3) is 0 Å². The second kappa shape index (κ2) is 6.88. The SMILES string of the molecule is Cc1ccc(-c2cc(C(F)(F)C(F)(F)C(F)(F)C(F)(F)F)nc3ccccc23)cc1. The van der Waals surface area contributed by atoms with Gasteiger partial charge in [0.15, 0.2) is 0 Å². The van der Waals surface area contributed by atoms with E-state index in [9.17, 15) is 39.5 Å². The number of nitrogens with zero attached hydrogens (tertiary/aromatic N) is 1. The van der Waals surface area contributed by atoms with Crippen molar-refractivity contribution >= 4 is 10.9 Å². The molecule has 0 bridgehead atoms. The summed E-state index contributed by atoms with van der Waals surface area (Å²) in [5.41, 5.74) is -1.18. The Kier molecular flexibility index (Phi) is 5.03. The molecule has 0 N–H and O–H groups in total. The molecule has 3 rings (SSSR count). The highest BCUT2D eigenvalue weighted by Gasteiger charge is 2.82. The fourth-order valence-electron chi connectivity index (χ4n) is 2.84. The first-order chi connectivity index (χ1) is 13.7. The molecule has 0 amide bonds. The Balaban J connectivity index is 2.27. The summed E-state index contributed by atoms with van der Waals surface area (Å²) in [5, 5.41) is 0.229. The molecule has 0 aliphatic heterocycles. The van der Waals surface area contributed by atoms with E-state index in [1.165, 1.54) is 30.3 Å². The molecule has 0 aliphatic carbocycles. The number of aryl methyl sites for hydroxylation is 1. The van der Waals surface area contributed by atoms with Crippen LogP contribution in [-0.2, 0) is 5.92 Å². The maximum atomic E-state index is 14.5. The largest absolute Gasteiger partial charge is 0.460 e. The monoisotopic (exact) mass is 437 g/mol. The second-order valence-corrected chi connectivity index (χ2v) is 6.66. The molecule has 0 spiro atoms. The number of benzene rings is 2. The lowest BCUT2D eigenvalue weighted by Crippen LogP contribution is -2.59. The molecule has 2 aromatic carbocycles. The molecular formula is C20H12F9N. The van der Waals surface area contributed by atoms with E-state index in [0.29, 0.717) is 6.07 Å². The molecular weight excluding hydrogens is 425 g/mol. The maximum absolute atomic E-state index is 14.5. The summed E-state index contributed by atoms with van der Waals surface area (Å²) in [7, 11) is 0. The Labute approximate surface area is 164 Å². The molecule has 0 unspecified atom stereocenters. The van der Waals surface area contributed by atoms with Crippen LogP contribution in [0, 0.1) is 6.92 Å². The van der Waals surface area contributed by atoms with Gasteiger partial charge in [-0.2, -0.15) is 39.5 Å². The third-order valence-electron chi connectivity index (χ3n) is 4.55. The number of halogens is 9. The van der Waals surface area contributed by atoms with Crippen molar-refractivity contribution < 1.29 is 39.5 Å². The third kappa shape index (κ3) is 3.27. The van der Waals surface area contributed by atoms with Crippen LogP contribution in [0.4, 0.5) is 39.5 Å². The first-order valence-corrected chi connectivity index (χ1v) is 8.37. The van der Waals surface area contributed by atoms with E-state index in [1.807, 2.05) is 0 Å². The van der Waals surface area contributed by atoms with Crippen molar-refractivity contribution in [1.82, 2.24) is 4.98 Å². The van der Waals surface area contributed by atoms with E-state index in [1.54, 1.807) is 19.1 Å². The first kappa shape index (κ1) is 21.9. The van der Waals surface area contributed by atoms with Crippen molar-refractivity contribution in [3.63, 3.8) is 0 Å². The highest BCUT2D eigenvalue weighted by atomic mass is 19.4. The smallest absolute Gasteiger partial charge is 0.246 e. The zero-order chi connectivity index (χ0) is 22.5. The van der Waals surface area contributed by atoms with Crippen molar-refractivity contribution in [3.05, 3.63) is 65.9 Å². The van der Waals surface area contributed by atoms with Gasteiger partial charge in [0.1, 0.15) is 5.69 Å². The fraction of sp³-hybridized carbons (Fsp3) is 0.250. The van der Waals surface area contributed by atoms with Crippen molar-refractivity contribution in [2.24, 2.45) is 0 Å². The summed E-state index contributed by atoms with van der Waals surface area (Å²) in [4.78, 5) is 3.28. The average molecular weight is 437 g/mol. The molecule has 0 saturated heterocycles. The van der Waals surface area contributed by atoms with Crippen LogP contribution in [-0.4, -0.2) is 23.0 Å². The molecule has 30 heavy (non-hydrogen) atoms. The van der Waals surface area contributed by atoms with Crippen molar-refractivity contribution in [3.8, 4) is 11.1 Å². The van der Waals surface area contributed by atoms with Gasteiger partial charge in [-0.1, -0.05) is 48.0 Å². The highest BCUT2D eigenvalue weighted by Crippen LogP contribution is 2.56. The summed E-state index contributed by atoms with van der Waals surface area (Å²) in [6.07, 6.45) is -6.89. The molecule has 0 saturated carbocycles. The Morgan fingerprint density at radius 1 is 0.700 bits per heavy atom. The number of rotatable bonds is 4. The van der Waals surface area contributed by atoms with Crippen LogP contribution >= 0.6 is 0 Å². The molecule has 0 aliphatic rings. The van der Waals surface area contributed by atoms with Crippen LogP contribution in [0.15, 0.2) is 54.6 Å². The second-order valence-electron chi connectivity index (χ2n) is 6.66. The minimum absolute atomic E-state index is 0.0681. The predicted molar refractivity (Wildman–Crippen MR) is 91.8 cm³/mol. The fourth-order valence-corrected chi connectivity index (χ4v) is 2.84. The van der Waals surface area contributed by atoms with Gasteiger partial charge in [-0.3, -0.25) is 0 Å². The zero-order valence-electron chi connectivity index (χ0n) is 15.0. The minimum Gasteiger partial charge on any atom is -0.246 e. The number of hydrogen-bond donors (Lipinski definition) is 0. The van der Waals surface area contributed by atoms with Gasteiger partial charge in [0, 0.05) is 5.39 Å². The standard InChI is InChI=1S/C20H12F9N/c1-11-6-8-12(9-7-11)14-10-16(30-15-5-3-2-4-13(14)15)17(21,22)18(23,24)19(25,26)20(27,28)29/h2-10H,1H3. The Morgan fingerprint density at radius 3 is 1.83 bits per heavy atom. The van der Waals surface area contributed by atoms with Gasteiger partial charge in [-0.15, -0.1) is 0 Å². The number of alkyl halides is 9.